The highest BCUT2D eigenvalue weighted by Gasteiger charge is 2.57. The van der Waals surface area contributed by atoms with Gasteiger partial charge in [-0.3, -0.25) is 14.7 Å². The highest BCUT2D eigenvalue weighted by molar-refractivity contribution is 6.07. The van der Waals surface area contributed by atoms with Crippen molar-refractivity contribution in [2.24, 2.45) is 5.92 Å². The molecule has 3 amide bonds. The van der Waals surface area contributed by atoms with Crippen LogP contribution in [-0.4, -0.2) is 34.9 Å². The maximum absolute atomic E-state index is 13.6. The molecule has 1 aromatic carbocycles. The molecule has 2 aliphatic heterocycles. The van der Waals surface area contributed by atoms with Gasteiger partial charge in [0.05, 0.1) is 12.2 Å². The maximum atomic E-state index is 13.6. The fourth-order valence-corrected chi connectivity index (χ4v) is 4.12. The summed E-state index contributed by atoms with van der Waals surface area (Å²) in [4.78, 5) is 32.2. The van der Waals surface area contributed by atoms with Crippen LogP contribution in [-0.2, 0) is 16.9 Å². The molecule has 2 aromatic rings. The Kier molecular flexibility index (Phi) is 4.66. The van der Waals surface area contributed by atoms with Crippen LogP contribution in [0.2, 0.25) is 0 Å². The summed E-state index contributed by atoms with van der Waals surface area (Å²) in [6, 6.07) is 13.1. The summed E-state index contributed by atoms with van der Waals surface area (Å²) >= 11 is 0. The molecule has 0 spiro atoms. The van der Waals surface area contributed by atoms with Crippen molar-refractivity contribution >= 4 is 11.9 Å². The molecular formula is C21H24N4O2. The van der Waals surface area contributed by atoms with E-state index in [1.54, 1.807) is 6.20 Å². The van der Waals surface area contributed by atoms with Crippen LogP contribution in [0.15, 0.2) is 48.7 Å². The average molecular weight is 364 g/mol. The van der Waals surface area contributed by atoms with Gasteiger partial charge in [0, 0.05) is 6.20 Å². The Bertz CT molecular complexity index is 831. The van der Waals surface area contributed by atoms with Gasteiger partial charge >= 0.3 is 6.03 Å². The normalized spacial score (nSPS) is 23.5. The standard InChI is InChI=1S/C21H24N4O2/c1-15-5-7-16(8-6-15)14-25-19(26)21(24-20(25)27,17-9-12-22-13-10-17)18-4-2-3-11-23-18/h2-8,11,17,22H,9-10,12-14H2,1H3,(H,24,27). The molecule has 2 saturated heterocycles. The lowest BCUT2D eigenvalue weighted by Crippen LogP contribution is -2.53. The van der Waals surface area contributed by atoms with Gasteiger partial charge in [-0.15, -0.1) is 0 Å². The molecule has 2 aliphatic rings. The van der Waals surface area contributed by atoms with Crippen molar-refractivity contribution in [1.82, 2.24) is 20.5 Å². The van der Waals surface area contributed by atoms with E-state index in [2.05, 4.69) is 15.6 Å². The van der Waals surface area contributed by atoms with Crippen molar-refractivity contribution in [3.05, 3.63) is 65.5 Å². The van der Waals surface area contributed by atoms with Crippen molar-refractivity contribution < 1.29 is 9.59 Å². The van der Waals surface area contributed by atoms with E-state index in [1.807, 2.05) is 49.4 Å². The van der Waals surface area contributed by atoms with E-state index in [4.69, 9.17) is 0 Å². The first kappa shape index (κ1) is 17.7. The van der Waals surface area contributed by atoms with Gasteiger partial charge in [0.15, 0.2) is 5.54 Å². The van der Waals surface area contributed by atoms with Crippen LogP contribution in [0.25, 0.3) is 0 Å². The zero-order chi connectivity index (χ0) is 18.9. The minimum absolute atomic E-state index is 0.0214. The largest absolute Gasteiger partial charge is 0.325 e. The van der Waals surface area contributed by atoms with Crippen LogP contribution in [0, 0.1) is 12.8 Å². The van der Waals surface area contributed by atoms with Gasteiger partial charge in [-0.1, -0.05) is 35.9 Å². The lowest BCUT2D eigenvalue weighted by molar-refractivity contribution is -0.134. The van der Waals surface area contributed by atoms with Gasteiger partial charge < -0.3 is 10.6 Å². The fourth-order valence-electron chi connectivity index (χ4n) is 4.12. The predicted octanol–water partition coefficient (Wildman–Crippen LogP) is 2.34. The van der Waals surface area contributed by atoms with Gasteiger partial charge in [-0.25, -0.2) is 4.79 Å². The molecule has 1 unspecified atom stereocenters. The summed E-state index contributed by atoms with van der Waals surface area (Å²) in [5.41, 5.74) is 1.63. The first-order chi connectivity index (χ1) is 13.1. The Hall–Kier alpha value is -2.73. The van der Waals surface area contributed by atoms with Gasteiger partial charge in [0.2, 0.25) is 0 Å². The number of piperidine rings is 1. The molecule has 2 N–H and O–H groups in total. The topological polar surface area (TPSA) is 74.3 Å². The number of amides is 3. The Balaban J connectivity index is 1.70. The summed E-state index contributed by atoms with van der Waals surface area (Å²) in [7, 11) is 0. The van der Waals surface area contributed by atoms with Gasteiger partial charge in [-0.05, 0) is 56.5 Å². The molecular weight excluding hydrogens is 340 g/mol. The molecule has 1 aromatic heterocycles. The van der Waals surface area contributed by atoms with E-state index < -0.39 is 5.54 Å². The SMILES string of the molecule is Cc1ccc(CN2C(=O)NC(c3ccccn3)(C3CCNCC3)C2=O)cc1. The van der Waals surface area contributed by atoms with E-state index in [9.17, 15) is 9.59 Å². The number of pyridine rings is 1. The van der Waals surface area contributed by atoms with Crippen LogP contribution >= 0.6 is 0 Å². The number of carbonyl (C=O) groups is 2. The number of carbonyl (C=O) groups excluding carboxylic acids is 2. The van der Waals surface area contributed by atoms with E-state index in [0.717, 1.165) is 37.1 Å². The summed E-state index contributed by atoms with van der Waals surface area (Å²) in [6.07, 6.45) is 3.32. The predicted molar refractivity (Wildman–Crippen MR) is 102 cm³/mol. The fraction of sp³-hybridized carbons (Fsp3) is 0.381. The lowest BCUT2D eigenvalue weighted by Gasteiger charge is -2.37. The molecule has 0 aliphatic carbocycles. The highest BCUT2D eigenvalue weighted by atomic mass is 16.2. The first-order valence-corrected chi connectivity index (χ1v) is 9.43. The Morgan fingerprint density at radius 2 is 1.85 bits per heavy atom. The third kappa shape index (κ3) is 3.10. The molecule has 0 saturated carbocycles. The Labute approximate surface area is 159 Å². The summed E-state index contributed by atoms with van der Waals surface area (Å²) in [5, 5.41) is 6.36. The van der Waals surface area contributed by atoms with Crippen LogP contribution in [0.3, 0.4) is 0 Å². The molecule has 2 fully saturated rings. The van der Waals surface area contributed by atoms with Gasteiger partial charge in [0.1, 0.15) is 0 Å². The van der Waals surface area contributed by atoms with E-state index in [0.29, 0.717) is 5.69 Å². The number of rotatable bonds is 4. The number of benzene rings is 1. The zero-order valence-electron chi connectivity index (χ0n) is 15.4. The Morgan fingerprint density at radius 1 is 1.11 bits per heavy atom. The smallest absolute Gasteiger partial charge is 0.318 e. The Morgan fingerprint density at radius 3 is 2.52 bits per heavy atom. The van der Waals surface area contributed by atoms with E-state index in [-0.39, 0.29) is 24.4 Å². The molecule has 0 radical (unpaired) electrons. The van der Waals surface area contributed by atoms with E-state index >= 15 is 0 Å². The number of urea groups is 1. The summed E-state index contributed by atoms with van der Waals surface area (Å²) < 4.78 is 0. The molecule has 0 bridgehead atoms. The quantitative estimate of drug-likeness (QED) is 0.817. The summed E-state index contributed by atoms with van der Waals surface area (Å²) in [6.45, 7) is 3.95. The minimum atomic E-state index is -1.08. The maximum Gasteiger partial charge on any atom is 0.325 e. The van der Waals surface area contributed by atoms with Crippen molar-refractivity contribution in [3.8, 4) is 0 Å². The molecule has 1 atom stereocenters. The second-order valence-electron chi connectivity index (χ2n) is 7.35. The monoisotopic (exact) mass is 364 g/mol. The average Bonchev–Trinajstić information content (AvgIpc) is 2.96. The minimum Gasteiger partial charge on any atom is -0.318 e. The van der Waals surface area contributed by atoms with Crippen molar-refractivity contribution in [1.29, 1.82) is 0 Å². The number of aromatic nitrogens is 1. The zero-order valence-corrected chi connectivity index (χ0v) is 15.4. The number of imide groups is 1. The van der Waals surface area contributed by atoms with Crippen LogP contribution in [0.4, 0.5) is 4.79 Å². The van der Waals surface area contributed by atoms with Crippen molar-refractivity contribution in [3.63, 3.8) is 0 Å². The van der Waals surface area contributed by atoms with E-state index in [1.165, 1.54) is 4.90 Å². The third-order valence-electron chi connectivity index (χ3n) is 5.61. The van der Waals surface area contributed by atoms with Crippen LogP contribution in [0.1, 0.15) is 29.7 Å². The van der Waals surface area contributed by atoms with Crippen molar-refractivity contribution in [2.45, 2.75) is 31.8 Å². The first-order valence-electron chi connectivity index (χ1n) is 9.43. The molecule has 27 heavy (non-hydrogen) atoms. The number of nitrogens with one attached hydrogen (secondary N) is 2. The van der Waals surface area contributed by atoms with Crippen LogP contribution < -0.4 is 10.6 Å². The third-order valence-corrected chi connectivity index (χ3v) is 5.61. The van der Waals surface area contributed by atoms with Crippen molar-refractivity contribution in [2.75, 3.05) is 13.1 Å². The molecule has 4 rings (SSSR count). The summed E-state index contributed by atoms with van der Waals surface area (Å²) in [5.74, 6) is -0.174. The second-order valence-corrected chi connectivity index (χ2v) is 7.35. The number of hydrogen-bond donors (Lipinski definition) is 2. The van der Waals surface area contributed by atoms with Gasteiger partial charge in [-0.2, -0.15) is 0 Å². The number of aryl methyl sites for hydroxylation is 1. The number of hydrogen-bond acceptors (Lipinski definition) is 4. The second kappa shape index (κ2) is 7.12. The molecule has 6 heteroatoms. The lowest BCUT2D eigenvalue weighted by atomic mass is 9.75. The highest BCUT2D eigenvalue weighted by Crippen LogP contribution is 2.40. The van der Waals surface area contributed by atoms with Gasteiger partial charge in [0.25, 0.3) is 5.91 Å². The molecule has 3 heterocycles. The molecule has 6 nitrogen and oxygen atoms in total. The van der Waals surface area contributed by atoms with Crippen LogP contribution in [0.5, 0.6) is 0 Å². The number of nitrogens with zero attached hydrogens (tertiary/aromatic N) is 2. The molecule has 140 valence electrons.